The Kier molecular flexibility index (Phi) is 24.2. The average molecular weight is 1590 g/mol. The Morgan fingerprint density at radius 3 is 1.31 bits per heavy atom. The topological polar surface area (TPSA) is 367 Å². The molecule has 3 saturated carbocycles. The molecule has 0 radical (unpaired) electrons. The average Bonchev–Trinajstić information content (AvgIpc) is 1.14. The fourth-order valence-electron chi connectivity index (χ4n) is 11.2. The van der Waals surface area contributed by atoms with Gasteiger partial charge < -0.3 is 80.9 Å². The fourth-order valence-corrected chi connectivity index (χ4v) is 11.4. The van der Waals surface area contributed by atoms with Gasteiger partial charge in [0.05, 0.1) is 82.9 Å². The summed E-state index contributed by atoms with van der Waals surface area (Å²) in [5.74, 6) is -3.59. The van der Waals surface area contributed by atoms with Crippen LogP contribution in [0.5, 0.6) is 57.5 Å². The number of pyridine rings is 3. The van der Waals surface area contributed by atoms with Crippen LogP contribution in [-0.4, -0.2) is 113 Å². The lowest BCUT2D eigenvalue weighted by molar-refractivity contribution is -0.137. The van der Waals surface area contributed by atoms with Gasteiger partial charge in [0.25, 0.3) is 17.7 Å². The number of nitrogens with two attached hydrogens (primary N) is 3. The number of fused-ring (bicyclic) bond motifs is 3. The largest absolute Gasteiger partial charge is 0.493 e. The van der Waals surface area contributed by atoms with Gasteiger partial charge in [0, 0.05) is 107 Å². The van der Waals surface area contributed by atoms with Crippen LogP contribution >= 0.6 is 11.6 Å². The number of carbonyl (C=O) groups is 6. The third kappa shape index (κ3) is 20.3. The molecule has 0 spiro atoms. The van der Waals surface area contributed by atoms with Crippen LogP contribution in [-0.2, 0) is 47.8 Å². The van der Waals surface area contributed by atoms with Crippen molar-refractivity contribution in [2.45, 2.75) is 94.4 Å². The predicted molar refractivity (Wildman–Crippen MR) is 409 cm³/mol. The Morgan fingerprint density at radius 1 is 0.474 bits per heavy atom. The minimum atomic E-state index is -4.73. The van der Waals surface area contributed by atoms with E-state index in [-0.39, 0.29) is 75.0 Å². The van der Waals surface area contributed by atoms with E-state index in [9.17, 15) is 50.7 Å². The van der Waals surface area contributed by atoms with Gasteiger partial charge in [-0.15, -0.1) is 0 Å². The quantitative estimate of drug-likeness (QED) is 0.0169. The van der Waals surface area contributed by atoms with Crippen LogP contribution in [0.25, 0.3) is 32.7 Å². The van der Waals surface area contributed by atoms with Gasteiger partial charge in [-0.2, -0.15) is 13.2 Å². The first kappa shape index (κ1) is 80.9. The van der Waals surface area contributed by atoms with Gasteiger partial charge in [-0.1, -0.05) is 29.7 Å². The highest BCUT2D eigenvalue weighted by molar-refractivity contribution is 6.42. The maximum Gasteiger partial charge on any atom is 0.417 e. The number of ether oxygens (including phenoxy) is 8. The Balaban J connectivity index is 0.000000160. The van der Waals surface area contributed by atoms with E-state index in [4.69, 9.17) is 71.2 Å². The number of aryl methyl sites for hydroxylation is 1. The highest BCUT2D eigenvalue weighted by Gasteiger charge is 2.41. The van der Waals surface area contributed by atoms with Gasteiger partial charge in [0.2, 0.25) is 17.3 Å². The van der Waals surface area contributed by atoms with Crippen LogP contribution < -0.4 is 76.4 Å². The zero-order valence-corrected chi connectivity index (χ0v) is 62.5. The monoisotopic (exact) mass is 1590 g/mol. The number of anilines is 5. The first-order valence-electron chi connectivity index (χ1n) is 35.4. The highest BCUT2D eigenvalue weighted by atomic mass is 35.5. The number of hydrogen-bond acceptors (Lipinski definition) is 23. The van der Waals surface area contributed by atoms with E-state index in [1.165, 1.54) is 75.1 Å². The number of carbonyl (C=O) groups excluding carboxylic acids is 6. The van der Waals surface area contributed by atoms with E-state index in [2.05, 4.69) is 41.4 Å². The van der Waals surface area contributed by atoms with Gasteiger partial charge >= 0.3 is 6.18 Å². The summed E-state index contributed by atoms with van der Waals surface area (Å²) in [7, 11) is 4.54. The lowest BCUT2D eigenvalue weighted by atomic mass is 10.0. The molecule has 0 unspecified atom stereocenters. The fraction of sp³-hybridized carbons (Fsp3) is 0.259. The van der Waals surface area contributed by atoms with Crippen molar-refractivity contribution < 1.29 is 97.5 Å². The summed E-state index contributed by atoms with van der Waals surface area (Å²) in [5.41, 5.74) is 19.3. The van der Waals surface area contributed by atoms with E-state index < -0.39 is 75.7 Å². The van der Waals surface area contributed by atoms with Gasteiger partial charge in [-0.05, 0) is 142 Å². The molecule has 4 aromatic heterocycles. The maximum absolute atomic E-state index is 15.0. The number of ketones is 3. The second-order valence-electron chi connectivity index (χ2n) is 27.4. The van der Waals surface area contributed by atoms with Crippen molar-refractivity contribution >= 4 is 108 Å². The summed E-state index contributed by atoms with van der Waals surface area (Å²) in [4.78, 5) is 85.5. The van der Waals surface area contributed by atoms with Crippen LogP contribution in [0.1, 0.15) is 74.5 Å². The number of amides is 3. The molecule has 11 aromatic rings. The number of halogens is 7. The number of hydrogen-bond donors (Lipinski definition) is 7. The number of alkyl halides is 3. The van der Waals surface area contributed by atoms with Gasteiger partial charge in [0.15, 0.2) is 57.6 Å². The summed E-state index contributed by atoms with van der Waals surface area (Å²) < 4.78 is 135. The Labute approximate surface area is 651 Å². The summed E-state index contributed by atoms with van der Waals surface area (Å²) >= 11 is 5.59. The molecule has 0 bridgehead atoms. The zero-order chi connectivity index (χ0) is 81.4. The molecule has 3 amide bonds. The van der Waals surface area contributed by atoms with Crippen LogP contribution in [0.3, 0.4) is 0 Å². The van der Waals surface area contributed by atoms with E-state index in [0.717, 1.165) is 62.8 Å². The van der Waals surface area contributed by atoms with Crippen molar-refractivity contribution in [3.8, 4) is 57.5 Å². The van der Waals surface area contributed by atoms with E-state index in [0.29, 0.717) is 116 Å². The summed E-state index contributed by atoms with van der Waals surface area (Å²) in [5, 5.41) is 15.0. The molecule has 3 aliphatic carbocycles. The van der Waals surface area contributed by atoms with Crippen molar-refractivity contribution in [3.63, 3.8) is 0 Å². The summed E-state index contributed by atoms with van der Waals surface area (Å²) in [6.45, 7) is 4.34. The Hall–Kier alpha value is -12.7. The van der Waals surface area contributed by atoms with Gasteiger partial charge in [-0.3, -0.25) is 43.7 Å². The lowest BCUT2D eigenvalue weighted by Gasteiger charge is -2.16. The molecule has 3 aliphatic rings. The minimum absolute atomic E-state index is 0.0575. The third-order valence-corrected chi connectivity index (χ3v) is 18.7. The van der Waals surface area contributed by atoms with E-state index >= 15 is 4.39 Å². The molecule has 114 heavy (non-hydrogen) atoms. The number of nitrogens with one attached hydrogen (secondary N) is 4. The maximum atomic E-state index is 15.0. The molecule has 0 atom stereocenters. The van der Waals surface area contributed by atoms with Crippen molar-refractivity contribution in [2.24, 2.45) is 17.2 Å². The van der Waals surface area contributed by atoms with Crippen LogP contribution in [0.15, 0.2) is 157 Å². The van der Waals surface area contributed by atoms with Crippen molar-refractivity contribution in [1.82, 2.24) is 20.1 Å². The van der Waals surface area contributed by atoms with Crippen molar-refractivity contribution in [2.75, 3.05) is 62.4 Å². The molecule has 7 aromatic carbocycles. The smallest absolute Gasteiger partial charge is 0.417 e. The number of methoxy groups -OCH3 is 3. The van der Waals surface area contributed by atoms with Crippen molar-refractivity contribution in [3.05, 3.63) is 197 Å². The summed E-state index contributed by atoms with van der Waals surface area (Å²) in [6.07, 6.45) is 4.55. The summed E-state index contributed by atoms with van der Waals surface area (Å²) in [6, 6.07) is 31.1. The highest BCUT2D eigenvalue weighted by Crippen LogP contribution is 2.44. The molecule has 33 heteroatoms. The SMILES string of the molecule is CCC(=O)C(=O)Nc1ccc(Nc2ccnc3cc(OCC4(N)CC4)c(OC)cc23)c(F)c1.COc1cc2c(Oc3ccc(NC(=O)C(=O)Cc4cc(C)on4)cc3F)ccnc2cc1OCC1(N)CC1.COc1cc2c(Oc3ccc(NC(=O)C(=O)Cc4ccc(Cl)c(C(F)(F)F)c4)cc3F)ccnc2cc1OCC1(N)CC1. The molecule has 10 N–H and O–H groups in total. The normalized spacial score (nSPS) is 13.8. The van der Waals surface area contributed by atoms with E-state index in [1.54, 1.807) is 81.8 Å². The number of rotatable bonds is 29. The van der Waals surface area contributed by atoms with Crippen LogP contribution in [0.2, 0.25) is 5.02 Å². The zero-order valence-electron chi connectivity index (χ0n) is 61.7. The number of benzene rings is 7. The second-order valence-corrected chi connectivity index (χ2v) is 27.8. The minimum Gasteiger partial charge on any atom is -0.493 e. The first-order chi connectivity index (χ1) is 54.4. The molecular weight excluding hydrogens is 1520 g/mol. The Morgan fingerprint density at radius 2 is 0.895 bits per heavy atom. The van der Waals surface area contributed by atoms with Crippen LogP contribution in [0, 0.1) is 24.4 Å². The molecule has 4 heterocycles. The van der Waals surface area contributed by atoms with Gasteiger partial charge in [0.1, 0.15) is 42.9 Å². The molecule has 592 valence electrons. The third-order valence-electron chi connectivity index (χ3n) is 18.3. The number of nitrogens with zero attached hydrogens (tertiary/aromatic N) is 4. The lowest BCUT2D eigenvalue weighted by Crippen LogP contribution is -2.29. The molecular formula is C81H74ClF6N11O15. The molecule has 0 saturated heterocycles. The predicted octanol–water partition coefficient (Wildman–Crippen LogP) is 14.5. The standard InChI is InChI=1S/C30H24ClF4N3O5.C27H25FN4O6.C24H25FN4O4/c1-41-26-13-18-22(14-27(26)42-15-29(36)7-8-29)37-9-6-24(18)43-25-5-3-17(12-21(25)32)38-28(40)23(39)11-16-2-4-20(31)19(10-16)30(33,34)35;1-15-9-17(32-38-15)11-21(33)26(34)31-16-3-4-23(19(28)10-16)37-22-5-8-30-20-13-25(24(35-2)12-18(20)22)36-14-27(29)6-7-27;1-3-20(30)23(31)28-14-4-5-18(16(25)10-14)29-17-6-9-27-19-12-22(21(32-2)11-15(17)19)33-13-24(26)7-8-24/h2-6,9-10,12-14H,7-8,11,15,36H2,1H3,(H,38,40);3-5,8-10,12-13H,6-7,11,14,29H2,1-2H3,(H,31,34);4-6,9-12H,3,7-8,13,26H2,1-2H3,(H,27,29)(H,28,31). The number of Topliss-reactive ketones (excluding diaryl/α,β-unsaturated/α-hetero) is 3. The molecule has 3 fully saturated rings. The molecule has 14 rings (SSSR count). The Bertz CT molecular complexity index is 5550. The molecule has 26 nitrogen and oxygen atoms in total. The van der Waals surface area contributed by atoms with Crippen LogP contribution in [0.4, 0.5) is 54.8 Å². The number of aromatic nitrogens is 4. The van der Waals surface area contributed by atoms with Gasteiger partial charge in [-0.25, -0.2) is 13.2 Å². The second kappa shape index (κ2) is 34.1. The first-order valence-corrected chi connectivity index (χ1v) is 35.7. The van der Waals surface area contributed by atoms with Crippen molar-refractivity contribution in [1.29, 1.82) is 0 Å². The molecule has 0 aliphatic heterocycles. The van der Waals surface area contributed by atoms with E-state index in [1.807, 2.05) is 0 Å².